The van der Waals surface area contributed by atoms with Gasteiger partial charge in [0.15, 0.2) is 0 Å². The van der Waals surface area contributed by atoms with Crippen LogP contribution in [0.2, 0.25) is 0 Å². The van der Waals surface area contributed by atoms with E-state index in [9.17, 15) is 13.2 Å². The van der Waals surface area contributed by atoms with Crippen LogP contribution in [-0.4, -0.2) is 31.1 Å². The molecule has 0 aliphatic rings. The molecule has 0 fully saturated rings. The standard InChI is InChI=1S/C21H28N2O4S/c1-5-17(4)23(21(24)22-20-10-8-7-9-16(20)3)15-18-11-13-19(14-12-18)27-28(25,26)6-2/h7-14,17H,5-6,15H2,1-4H3,(H,22,24)/t17-/m1/s1. The molecule has 28 heavy (non-hydrogen) atoms. The van der Waals surface area contributed by atoms with Crippen LogP contribution in [0.5, 0.6) is 5.75 Å². The molecular formula is C21H28N2O4S. The van der Waals surface area contributed by atoms with Crippen molar-refractivity contribution < 1.29 is 17.4 Å². The second kappa shape index (κ2) is 9.59. The predicted molar refractivity (Wildman–Crippen MR) is 112 cm³/mol. The van der Waals surface area contributed by atoms with E-state index in [1.54, 1.807) is 29.2 Å². The number of nitrogens with one attached hydrogen (secondary N) is 1. The quantitative estimate of drug-likeness (QED) is 0.655. The van der Waals surface area contributed by atoms with E-state index in [0.29, 0.717) is 6.54 Å². The molecule has 0 aliphatic carbocycles. The summed E-state index contributed by atoms with van der Waals surface area (Å²) in [6, 6.07) is 14.3. The predicted octanol–water partition coefficient (Wildman–Crippen LogP) is 4.56. The SMILES string of the molecule is CC[C@@H](C)N(Cc1ccc(OS(=O)(=O)CC)cc1)C(=O)Nc1ccccc1C. The molecule has 6 nitrogen and oxygen atoms in total. The summed E-state index contributed by atoms with van der Waals surface area (Å²) in [6.07, 6.45) is 0.817. The summed E-state index contributed by atoms with van der Waals surface area (Å²) in [4.78, 5) is 14.6. The van der Waals surface area contributed by atoms with Crippen molar-refractivity contribution in [3.63, 3.8) is 0 Å². The van der Waals surface area contributed by atoms with Crippen LogP contribution in [0.15, 0.2) is 48.5 Å². The van der Waals surface area contributed by atoms with E-state index in [2.05, 4.69) is 5.32 Å². The Balaban J connectivity index is 2.13. The van der Waals surface area contributed by atoms with Crippen LogP contribution in [0, 0.1) is 6.92 Å². The fourth-order valence-electron chi connectivity index (χ4n) is 2.60. The van der Waals surface area contributed by atoms with Gasteiger partial charge in [0.2, 0.25) is 0 Å². The monoisotopic (exact) mass is 404 g/mol. The Hall–Kier alpha value is -2.54. The number of hydrogen-bond donors (Lipinski definition) is 1. The molecule has 7 heteroatoms. The summed E-state index contributed by atoms with van der Waals surface area (Å²) < 4.78 is 28.1. The van der Waals surface area contributed by atoms with Gasteiger partial charge in [-0.3, -0.25) is 0 Å². The van der Waals surface area contributed by atoms with Gasteiger partial charge in [-0.15, -0.1) is 0 Å². The molecule has 1 atom stereocenters. The third-order valence-electron chi connectivity index (χ3n) is 4.62. The summed E-state index contributed by atoms with van der Waals surface area (Å²) in [5, 5.41) is 2.98. The Morgan fingerprint density at radius 3 is 2.32 bits per heavy atom. The molecule has 0 bridgehead atoms. The van der Waals surface area contributed by atoms with Crippen LogP contribution in [0.25, 0.3) is 0 Å². The number of carbonyl (C=O) groups excluding carboxylic acids is 1. The molecule has 1 N–H and O–H groups in total. The van der Waals surface area contributed by atoms with Crippen molar-refractivity contribution in [2.75, 3.05) is 11.1 Å². The fourth-order valence-corrected chi connectivity index (χ4v) is 3.12. The highest BCUT2D eigenvalue weighted by Crippen LogP contribution is 2.19. The van der Waals surface area contributed by atoms with E-state index in [1.165, 1.54) is 6.92 Å². The lowest BCUT2D eigenvalue weighted by atomic mass is 10.1. The highest BCUT2D eigenvalue weighted by atomic mass is 32.2. The Labute approximate surface area is 167 Å². The van der Waals surface area contributed by atoms with E-state index in [1.807, 2.05) is 45.0 Å². The molecule has 0 saturated heterocycles. The number of carbonyl (C=O) groups is 1. The summed E-state index contributed by atoms with van der Waals surface area (Å²) in [7, 11) is -3.55. The van der Waals surface area contributed by atoms with Crippen LogP contribution in [0.3, 0.4) is 0 Å². The third kappa shape index (κ3) is 5.99. The van der Waals surface area contributed by atoms with E-state index in [4.69, 9.17) is 4.18 Å². The molecule has 0 spiro atoms. The first-order valence-corrected chi connectivity index (χ1v) is 11.0. The van der Waals surface area contributed by atoms with E-state index in [-0.39, 0.29) is 23.6 Å². The van der Waals surface area contributed by atoms with Crippen LogP contribution >= 0.6 is 0 Å². The van der Waals surface area contributed by atoms with Gasteiger partial charge < -0.3 is 14.4 Å². The van der Waals surface area contributed by atoms with Gasteiger partial charge in [-0.1, -0.05) is 37.3 Å². The smallest absolute Gasteiger partial charge is 0.322 e. The minimum absolute atomic E-state index is 0.0421. The molecule has 152 valence electrons. The van der Waals surface area contributed by atoms with Gasteiger partial charge in [0, 0.05) is 18.3 Å². The highest BCUT2D eigenvalue weighted by molar-refractivity contribution is 7.87. The minimum Gasteiger partial charge on any atom is -0.382 e. The van der Waals surface area contributed by atoms with Crippen molar-refractivity contribution in [2.45, 2.75) is 46.7 Å². The van der Waals surface area contributed by atoms with Crippen molar-refractivity contribution in [1.82, 2.24) is 4.90 Å². The zero-order valence-electron chi connectivity index (χ0n) is 16.8. The van der Waals surface area contributed by atoms with Crippen molar-refractivity contribution in [2.24, 2.45) is 0 Å². The molecule has 0 saturated carbocycles. The zero-order valence-corrected chi connectivity index (χ0v) is 17.6. The van der Waals surface area contributed by atoms with Crippen molar-refractivity contribution in [3.05, 3.63) is 59.7 Å². The van der Waals surface area contributed by atoms with Gasteiger partial charge in [-0.25, -0.2) is 4.79 Å². The number of rotatable bonds is 8. The lowest BCUT2D eigenvalue weighted by molar-refractivity contribution is 0.187. The van der Waals surface area contributed by atoms with Crippen molar-refractivity contribution in [1.29, 1.82) is 0 Å². The first-order valence-electron chi connectivity index (χ1n) is 9.40. The van der Waals surface area contributed by atoms with Gasteiger partial charge >= 0.3 is 16.1 Å². The molecule has 2 rings (SSSR count). The van der Waals surface area contributed by atoms with E-state index < -0.39 is 10.1 Å². The number of nitrogens with zero attached hydrogens (tertiary/aromatic N) is 1. The summed E-state index contributed by atoms with van der Waals surface area (Å²) >= 11 is 0. The number of aryl methyl sites for hydroxylation is 1. The topological polar surface area (TPSA) is 75.7 Å². The van der Waals surface area contributed by atoms with Crippen LogP contribution in [0.4, 0.5) is 10.5 Å². The first-order chi connectivity index (χ1) is 13.3. The van der Waals surface area contributed by atoms with Crippen LogP contribution in [0.1, 0.15) is 38.3 Å². The maximum atomic E-state index is 12.9. The normalized spacial score (nSPS) is 12.3. The van der Waals surface area contributed by atoms with Gasteiger partial charge in [0.1, 0.15) is 5.75 Å². The van der Waals surface area contributed by atoms with Crippen LogP contribution < -0.4 is 9.50 Å². The van der Waals surface area contributed by atoms with Gasteiger partial charge in [0.25, 0.3) is 0 Å². The van der Waals surface area contributed by atoms with E-state index in [0.717, 1.165) is 23.2 Å². The number of para-hydroxylation sites is 1. The van der Waals surface area contributed by atoms with Crippen LogP contribution in [-0.2, 0) is 16.7 Å². The summed E-state index contributed by atoms with van der Waals surface area (Å²) in [5.74, 6) is 0.181. The summed E-state index contributed by atoms with van der Waals surface area (Å²) in [6.45, 7) is 7.93. The maximum Gasteiger partial charge on any atom is 0.322 e. The lowest BCUT2D eigenvalue weighted by Crippen LogP contribution is -2.40. The number of anilines is 1. The number of amides is 2. The molecular weight excluding hydrogens is 376 g/mol. The molecule has 0 aromatic heterocycles. The number of urea groups is 1. The third-order valence-corrected chi connectivity index (χ3v) is 5.78. The molecule has 0 aliphatic heterocycles. The lowest BCUT2D eigenvalue weighted by Gasteiger charge is -2.29. The Kier molecular flexibility index (Phi) is 7.45. The zero-order chi connectivity index (χ0) is 20.7. The second-order valence-corrected chi connectivity index (χ2v) is 8.56. The Morgan fingerprint density at radius 2 is 1.75 bits per heavy atom. The fraction of sp³-hybridized carbons (Fsp3) is 0.381. The Morgan fingerprint density at radius 1 is 1.11 bits per heavy atom. The average Bonchev–Trinajstić information content (AvgIpc) is 2.68. The number of benzene rings is 2. The molecule has 2 aromatic rings. The van der Waals surface area contributed by atoms with Gasteiger partial charge in [-0.05, 0) is 56.5 Å². The molecule has 0 radical (unpaired) electrons. The van der Waals surface area contributed by atoms with E-state index >= 15 is 0 Å². The molecule has 2 aromatic carbocycles. The molecule has 0 heterocycles. The second-order valence-electron chi connectivity index (χ2n) is 6.70. The minimum atomic E-state index is -3.55. The number of hydrogen-bond acceptors (Lipinski definition) is 4. The highest BCUT2D eigenvalue weighted by Gasteiger charge is 2.20. The Bertz CT molecular complexity index is 895. The first kappa shape index (κ1) is 21.8. The maximum absolute atomic E-state index is 12.9. The van der Waals surface area contributed by atoms with Crippen molar-refractivity contribution in [3.8, 4) is 5.75 Å². The van der Waals surface area contributed by atoms with Gasteiger partial charge in [0.05, 0.1) is 5.75 Å². The van der Waals surface area contributed by atoms with Crippen molar-refractivity contribution >= 4 is 21.8 Å². The summed E-state index contributed by atoms with van der Waals surface area (Å²) in [5.41, 5.74) is 2.68. The molecule has 0 unspecified atom stereocenters. The van der Waals surface area contributed by atoms with Gasteiger partial charge in [-0.2, -0.15) is 8.42 Å². The largest absolute Gasteiger partial charge is 0.382 e. The average molecular weight is 405 g/mol. The molecule has 2 amide bonds.